The Balaban J connectivity index is 3.37. The summed E-state index contributed by atoms with van der Waals surface area (Å²) in [6, 6.07) is -0.625. The number of aliphatic hydroxyl groups is 2. The molecule has 0 heterocycles. The molecule has 2 unspecified atom stereocenters. The average molecular weight is 1090 g/mol. The number of rotatable bonds is 64. The summed E-state index contributed by atoms with van der Waals surface area (Å²) in [7, 11) is 0. The van der Waals surface area contributed by atoms with E-state index in [1.807, 2.05) is 6.08 Å². The summed E-state index contributed by atoms with van der Waals surface area (Å²) in [4.78, 5) is 24.5. The molecule has 0 aromatic heterocycles. The number of nitrogens with one attached hydrogen (secondary N) is 1. The van der Waals surface area contributed by atoms with E-state index < -0.39 is 12.1 Å². The second-order valence-corrected chi connectivity index (χ2v) is 23.5. The standard InChI is InChI=1S/C72H133NO5/c1-3-5-7-9-11-13-15-16-38-42-46-50-54-58-62-66-72(77)78-67-63-59-55-51-47-43-40-37-35-33-31-29-27-25-23-21-19-17-18-20-22-24-26-28-30-32-34-36-39-41-45-49-53-57-61-65-71(76)73-69(68-74)70(75)64-60-56-52-48-44-14-12-10-8-6-4-2/h11,13,16,19,21,25,27,38,60,64,69-70,74-75H,3-10,12,14-15,17-18,20,22-24,26,28-37,39-59,61-63,65-68H2,1-2H3,(H,73,76)/b13-11-,21-19-,27-25-,38-16-,64-60+. The molecule has 0 aliphatic rings. The van der Waals surface area contributed by atoms with E-state index in [0.29, 0.717) is 19.4 Å². The van der Waals surface area contributed by atoms with Crippen LogP contribution in [0.25, 0.3) is 0 Å². The van der Waals surface area contributed by atoms with Crippen molar-refractivity contribution < 1.29 is 24.5 Å². The van der Waals surface area contributed by atoms with Gasteiger partial charge in [0.05, 0.1) is 25.4 Å². The van der Waals surface area contributed by atoms with Gasteiger partial charge in [-0.1, -0.05) is 312 Å². The minimum atomic E-state index is -0.842. The summed E-state index contributed by atoms with van der Waals surface area (Å²) in [5.41, 5.74) is 0. The minimum Gasteiger partial charge on any atom is -0.466 e. The number of hydrogen-bond donors (Lipinski definition) is 3. The number of aliphatic hydroxyl groups excluding tert-OH is 2. The van der Waals surface area contributed by atoms with Crippen LogP contribution in [0.2, 0.25) is 0 Å². The Morgan fingerprint density at radius 3 is 1.00 bits per heavy atom. The number of carbonyl (C=O) groups excluding carboxylic acids is 2. The molecule has 0 fully saturated rings. The fourth-order valence-electron chi connectivity index (χ4n) is 10.5. The quantitative estimate of drug-likeness (QED) is 0.0320. The van der Waals surface area contributed by atoms with Crippen molar-refractivity contribution in [2.24, 2.45) is 0 Å². The van der Waals surface area contributed by atoms with Crippen molar-refractivity contribution in [2.45, 2.75) is 373 Å². The van der Waals surface area contributed by atoms with E-state index in [1.54, 1.807) is 6.08 Å². The van der Waals surface area contributed by atoms with Crippen LogP contribution >= 0.6 is 0 Å². The van der Waals surface area contributed by atoms with E-state index in [9.17, 15) is 19.8 Å². The molecule has 1 amide bonds. The SMILES string of the molecule is CCCCC/C=C\C/C=C\CCCCCCCC(=O)OCCCCCCCCCCCCC/C=C\C/C=C\CCCCCCCCCCCCCCCCCCCC(=O)NC(CO)C(O)/C=C/CCCCCCCCCCC. The van der Waals surface area contributed by atoms with Gasteiger partial charge in [-0.15, -0.1) is 0 Å². The van der Waals surface area contributed by atoms with Gasteiger partial charge in [0.15, 0.2) is 0 Å². The summed E-state index contributed by atoms with van der Waals surface area (Å²) in [5.74, 6) is -0.0643. The van der Waals surface area contributed by atoms with Gasteiger partial charge in [-0.2, -0.15) is 0 Å². The molecule has 0 bridgehead atoms. The van der Waals surface area contributed by atoms with Crippen molar-refractivity contribution in [3.05, 3.63) is 60.8 Å². The Bertz CT molecular complexity index is 1350. The summed E-state index contributed by atoms with van der Waals surface area (Å²) in [6.07, 6.45) is 88.8. The van der Waals surface area contributed by atoms with Gasteiger partial charge in [0.2, 0.25) is 5.91 Å². The molecule has 0 aliphatic heterocycles. The fraction of sp³-hybridized carbons (Fsp3) is 0.833. The van der Waals surface area contributed by atoms with Crippen molar-refractivity contribution in [1.82, 2.24) is 5.32 Å². The van der Waals surface area contributed by atoms with Crippen LogP contribution in [0.4, 0.5) is 0 Å². The van der Waals surface area contributed by atoms with Crippen LogP contribution < -0.4 is 5.32 Å². The normalized spacial score (nSPS) is 12.9. The third-order valence-corrected chi connectivity index (χ3v) is 15.8. The summed E-state index contributed by atoms with van der Waals surface area (Å²) in [6.45, 7) is 4.87. The molecule has 0 aromatic carbocycles. The molecule has 2 atom stereocenters. The predicted octanol–water partition coefficient (Wildman–Crippen LogP) is 22.3. The molecule has 6 nitrogen and oxygen atoms in total. The number of unbranched alkanes of at least 4 members (excludes halogenated alkanes) is 45. The van der Waals surface area contributed by atoms with Gasteiger partial charge in [-0.25, -0.2) is 0 Å². The van der Waals surface area contributed by atoms with Gasteiger partial charge in [-0.05, 0) is 96.3 Å². The Morgan fingerprint density at radius 2 is 0.641 bits per heavy atom. The van der Waals surface area contributed by atoms with Crippen molar-refractivity contribution in [1.29, 1.82) is 0 Å². The van der Waals surface area contributed by atoms with Gasteiger partial charge in [0, 0.05) is 12.8 Å². The molecule has 456 valence electrons. The molecule has 0 spiro atoms. The third kappa shape index (κ3) is 62.8. The Morgan fingerprint density at radius 1 is 0.359 bits per heavy atom. The van der Waals surface area contributed by atoms with Crippen LogP contribution in [-0.4, -0.2) is 47.4 Å². The van der Waals surface area contributed by atoms with E-state index in [1.165, 1.54) is 276 Å². The van der Waals surface area contributed by atoms with Gasteiger partial charge in [0.1, 0.15) is 0 Å². The topological polar surface area (TPSA) is 95.9 Å². The first-order valence-corrected chi connectivity index (χ1v) is 34.6. The zero-order valence-electron chi connectivity index (χ0n) is 52.1. The van der Waals surface area contributed by atoms with Crippen molar-refractivity contribution >= 4 is 11.9 Å². The molecule has 0 saturated carbocycles. The molecule has 0 aliphatic carbocycles. The summed E-state index contributed by atoms with van der Waals surface area (Å²) in [5, 5.41) is 23.0. The lowest BCUT2D eigenvalue weighted by Crippen LogP contribution is -2.45. The van der Waals surface area contributed by atoms with E-state index in [0.717, 1.165) is 57.8 Å². The highest BCUT2D eigenvalue weighted by molar-refractivity contribution is 5.76. The maximum absolute atomic E-state index is 12.4. The zero-order valence-corrected chi connectivity index (χ0v) is 52.1. The molecule has 0 rings (SSSR count). The number of amides is 1. The van der Waals surface area contributed by atoms with Gasteiger partial charge >= 0.3 is 5.97 Å². The first-order valence-electron chi connectivity index (χ1n) is 34.6. The summed E-state index contributed by atoms with van der Waals surface area (Å²) >= 11 is 0. The maximum atomic E-state index is 12.4. The first kappa shape index (κ1) is 75.6. The van der Waals surface area contributed by atoms with Crippen LogP contribution in [0.15, 0.2) is 60.8 Å². The van der Waals surface area contributed by atoms with E-state index in [4.69, 9.17) is 4.74 Å². The Kier molecular flexibility index (Phi) is 65.0. The van der Waals surface area contributed by atoms with Gasteiger partial charge in [0.25, 0.3) is 0 Å². The molecule has 0 radical (unpaired) electrons. The smallest absolute Gasteiger partial charge is 0.305 e. The van der Waals surface area contributed by atoms with Crippen molar-refractivity contribution in [3.63, 3.8) is 0 Å². The molecule has 0 aromatic rings. The average Bonchev–Trinajstić information content (AvgIpc) is 3.44. The molecule has 6 heteroatoms. The van der Waals surface area contributed by atoms with E-state index >= 15 is 0 Å². The van der Waals surface area contributed by atoms with Gasteiger partial charge in [-0.3, -0.25) is 9.59 Å². The number of allylic oxidation sites excluding steroid dienone is 9. The number of hydrogen-bond acceptors (Lipinski definition) is 5. The molecular formula is C72H133NO5. The molecular weight excluding hydrogens is 959 g/mol. The molecule has 3 N–H and O–H groups in total. The number of carbonyl (C=O) groups is 2. The second kappa shape index (κ2) is 67.1. The van der Waals surface area contributed by atoms with Crippen molar-refractivity contribution in [3.8, 4) is 0 Å². The highest BCUT2D eigenvalue weighted by Gasteiger charge is 2.18. The Hall–Kier alpha value is -2.44. The number of ether oxygens (including phenoxy) is 1. The largest absolute Gasteiger partial charge is 0.466 e. The summed E-state index contributed by atoms with van der Waals surface area (Å²) < 4.78 is 5.48. The van der Waals surface area contributed by atoms with E-state index in [2.05, 4.69) is 67.8 Å². The monoisotopic (exact) mass is 1090 g/mol. The van der Waals surface area contributed by atoms with Crippen molar-refractivity contribution in [2.75, 3.05) is 13.2 Å². The Labute approximate surface area is 486 Å². The molecule has 0 saturated heterocycles. The first-order chi connectivity index (χ1) is 38.5. The van der Waals surface area contributed by atoms with Crippen LogP contribution in [-0.2, 0) is 14.3 Å². The van der Waals surface area contributed by atoms with Crippen LogP contribution in [0.3, 0.4) is 0 Å². The highest BCUT2D eigenvalue weighted by Crippen LogP contribution is 2.17. The fourth-order valence-corrected chi connectivity index (χ4v) is 10.5. The predicted molar refractivity (Wildman–Crippen MR) is 342 cm³/mol. The third-order valence-electron chi connectivity index (χ3n) is 15.8. The van der Waals surface area contributed by atoms with Crippen LogP contribution in [0.5, 0.6) is 0 Å². The lowest BCUT2D eigenvalue weighted by molar-refractivity contribution is -0.143. The lowest BCUT2D eigenvalue weighted by Gasteiger charge is -2.20. The van der Waals surface area contributed by atoms with Crippen LogP contribution in [0.1, 0.15) is 361 Å². The van der Waals surface area contributed by atoms with E-state index in [-0.39, 0.29) is 18.5 Å². The second-order valence-electron chi connectivity index (χ2n) is 23.5. The minimum absolute atomic E-state index is 0.00215. The highest BCUT2D eigenvalue weighted by atomic mass is 16.5. The van der Waals surface area contributed by atoms with Gasteiger partial charge < -0.3 is 20.3 Å². The lowest BCUT2D eigenvalue weighted by atomic mass is 10.0. The maximum Gasteiger partial charge on any atom is 0.305 e. The zero-order chi connectivity index (χ0) is 56.4. The molecule has 78 heavy (non-hydrogen) atoms. The number of esters is 1. The van der Waals surface area contributed by atoms with Crippen LogP contribution in [0, 0.1) is 0 Å².